The molecule has 1 fully saturated rings. The average molecular weight is 153 g/mol. The van der Waals surface area contributed by atoms with Crippen molar-refractivity contribution in [1.29, 1.82) is 0 Å². The number of ether oxygens (including phenoxy) is 1. The zero-order valence-corrected chi connectivity index (χ0v) is 6.17. The topological polar surface area (TPSA) is 25.4 Å². The van der Waals surface area contributed by atoms with Crippen molar-refractivity contribution >= 4 is 0 Å². The molecule has 3 heteroatoms. The highest BCUT2D eigenvalue weighted by Crippen LogP contribution is 2.37. The smallest absolute Gasteiger partial charge is 0.147 e. The van der Waals surface area contributed by atoms with Gasteiger partial charge >= 0.3 is 0 Å². The fourth-order valence-corrected chi connectivity index (χ4v) is 1.02. The molecule has 11 heavy (non-hydrogen) atoms. The number of hydrogen-bond acceptors (Lipinski definition) is 2. The molecular formula is C8H8FNO. The molecule has 1 aliphatic heterocycles. The number of rotatable bonds is 1. The van der Waals surface area contributed by atoms with Crippen molar-refractivity contribution in [3.63, 3.8) is 0 Å². The van der Waals surface area contributed by atoms with Crippen LogP contribution in [0, 0.1) is 5.82 Å². The van der Waals surface area contributed by atoms with E-state index in [1.807, 2.05) is 6.92 Å². The number of aromatic nitrogens is 1. The van der Waals surface area contributed by atoms with Gasteiger partial charge in [-0.1, -0.05) is 0 Å². The molecule has 0 aromatic carbocycles. The highest BCUT2D eigenvalue weighted by molar-refractivity contribution is 5.18. The van der Waals surface area contributed by atoms with Gasteiger partial charge in [-0.2, -0.15) is 0 Å². The van der Waals surface area contributed by atoms with E-state index in [4.69, 9.17) is 4.74 Å². The van der Waals surface area contributed by atoms with Crippen molar-refractivity contribution in [2.75, 3.05) is 6.61 Å². The Bertz CT molecular complexity index is 283. The average Bonchev–Trinajstić information content (AvgIpc) is 2.70. The minimum Gasteiger partial charge on any atom is -0.363 e. The Morgan fingerprint density at radius 1 is 1.73 bits per heavy atom. The summed E-state index contributed by atoms with van der Waals surface area (Å²) in [5, 5.41) is 0. The maximum atomic E-state index is 13.0. The van der Waals surface area contributed by atoms with E-state index in [1.54, 1.807) is 12.3 Å². The SMILES string of the molecule is CC1(c2ncccc2F)CO1. The standard InChI is InChI=1S/C8H8FNO/c1-8(5-11-8)7-6(9)3-2-4-10-7/h2-4H,5H2,1H3. The number of halogens is 1. The molecule has 1 aromatic rings. The van der Waals surface area contributed by atoms with E-state index in [-0.39, 0.29) is 5.82 Å². The van der Waals surface area contributed by atoms with Crippen LogP contribution in [0.25, 0.3) is 0 Å². The molecule has 0 spiro atoms. The van der Waals surface area contributed by atoms with Gasteiger partial charge < -0.3 is 4.74 Å². The van der Waals surface area contributed by atoms with E-state index >= 15 is 0 Å². The van der Waals surface area contributed by atoms with Crippen LogP contribution in [0.1, 0.15) is 12.6 Å². The van der Waals surface area contributed by atoms with Crippen molar-refractivity contribution in [3.8, 4) is 0 Å². The van der Waals surface area contributed by atoms with E-state index in [0.29, 0.717) is 12.3 Å². The molecule has 1 unspecified atom stereocenters. The van der Waals surface area contributed by atoms with Gasteiger partial charge in [0.2, 0.25) is 0 Å². The molecule has 2 nitrogen and oxygen atoms in total. The Labute approximate surface area is 64.0 Å². The van der Waals surface area contributed by atoms with Gasteiger partial charge in [0, 0.05) is 6.20 Å². The summed E-state index contributed by atoms with van der Waals surface area (Å²) in [4.78, 5) is 3.91. The lowest BCUT2D eigenvalue weighted by Crippen LogP contribution is -2.07. The molecule has 0 radical (unpaired) electrons. The van der Waals surface area contributed by atoms with Gasteiger partial charge in [-0.05, 0) is 19.1 Å². The number of hydrogen-bond donors (Lipinski definition) is 0. The Balaban J connectivity index is 2.45. The monoisotopic (exact) mass is 153 g/mol. The molecular weight excluding hydrogens is 145 g/mol. The van der Waals surface area contributed by atoms with Gasteiger partial charge in [0.15, 0.2) is 0 Å². The Hall–Kier alpha value is -0.960. The number of epoxide rings is 1. The minimum absolute atomic E-state index is 0.285. The Kier molecular flexibility index (Phi) is 1.23. The predicted octanol–water partition coefficient (Wildman–Crippen LogP) is 1.47. The molecule has 2 heterocycles. The molecule has 0 aliphatic carbocycles. The third kappa shape index (κ3) is 1.01. The zero-order valence-electron chi connectivity index (χ0n) is 6.17. The maximum absolute atomic E-state index is 13.0. The van der Waals surface area contributed by atoms with Crippen molar-refractivity contribution in [2.45, 2.75) is 12.5 Å². The molecule has 0 N–H and O–H groups in total. The molecule has 1 atom stereocenters. The van der Waals surface area contributed by atoms with Gasteiger partial charge in [-0.25, -0.2) is 4.39 Å². The Morgan fingerprint density at radius 3 is 3.00 bits per heavy atom. The molecule has 1 saturated heterocycles. The van der Waals surface area contributed by atoms with Gasteiger partial charge in [0.1, 0.15) is 17.1 Å². The summed E-state index contributed by atoms with van der Waals surface area (Å²) in [6.07, 6.45) is 1.57. The van der Waals surface area contributed by atoms with Crippen molar-refractivity contribution in [2.24, 2.45) is 0 Å². The molecule has 1 aliphatic rings. The summed E-state index contributed by atoms with van der Waals surface area (Å²) in [7, 11) is 0. The molecule has 0 saturated carbocycles. The molecule has 0 amide bonds. The van der Waals surface area contributed by atoms with Crippen LogP contribution in [0.5, 0.6) is 0 Å². The quantitative estimate of drug-likeness (QED) is 0.571. The van der Waals surface area contributed by atoms with Crippen LogP contribution in [0.3, 0.4) is 0 Å². The van der Waals surface area contributed by atoms with Crippen molar-refractivity contribution < 1.29 is 9.13 Å². The summed E-state index contributed by atoms with van der Waals surface area (Å²) >= 11 is 0. The lowest BCUT2D eigenvalue weighted by molar-refractivity contribution is 0.315. The highest BCUT2D eigenvalue weighted by atomic mass is 19.1. The summed E-state index contributed by atoms with van der Waals surface area (Å²) in [5.74, 6) is -0.285. The zero-order chi connectivity index (χ0) is 7.90. The molecule has 58 valence electrons. The van der Waals surface area contributed by atoms with Gasteiger partial charge in [-0.3, -0.25) is 4.98 Å². The van der Waals surface area contributed by atoms with Crippen LogP contribution in [0.15, 0.2) is 18.3 Å². The Morgan fingerprint density at radius 2 is 2.45 bits per heavy atom. The van der Waals surface area contributed by atoms with Crippen LogP contribution in [0.2, 0.25) is 0 Å². The first-order chi connectivity index (χ1) is 5.22. The number of nitrogens with zero attached hydrogens (tertiary/aromatic N) is 1. The second-order valence-electron chi connectivity index (χ2n) is 2.85. The third-order valence-electron chi connectivity index (χ3n) is 1.84. The van der Waals surface area contributed by atoms with E-state index in [2.05, 4.69) is 4.98 Å². The second-order valence-corrected chi connectivity index (χ2v) is 2.85. The fraction of sp³-hybridized carbons (Fsp3) is 0.375. The van der Waals surface area contributed by atoms with Crippen molar-refractivity contribution in [3.05, 3.63) is 29.8 Å². The lowest BCUT2D eigenvalue weighted by atomic mass is 10.1. The normalized spacial score (nSPS) is 28.5. The highest BCUT2D eigenvalue weighted by Gasteiger charge is 2.44. The first-order valence-electron chi connectivity index (χ1n) is 3.47. The largest absolute Gasteiger partial charge is 0.363 e. The van der Waals surface area contributed by atoms with Gasteiger partial charge in [-0.15, -0.1) is 0 Å². The van der Waals surface area contributed by atoms with E-state index in [0.717, 1.165) is 0 Å². The van der Waals surface area contributed by atoms with Crippen LogP contribution >= 0.6 is 0 Å². The van der Waals surface area contributed by atoms with Crippen LogP contribution in [0.4, 0.5) is 4.39 Å². The van der Waals surface area contributed by atoms with E-state index in [1.165, 1.54) is 6.07 Å². The maximum Gasteiger partial charge on any atom is 0.147 e. The van der Waals surface area contributed by atoms with Crippen molar-refractivity contribution in [1.82, 2.24) is 4.98 Å². The molecule has 1 aromatic heterocycles. The first-order valence-corrected chi connectivity index (χ1v) is 3.47. The summed E-state index contributed by atoms with van der Waals surface area (Å²) in [5.41, 5.74) is -0.0364. The summed E-state index contributed by atoms with van der Waals surface area (Å²) in [6, 6.07) is 2.97. The lowest BCUT2D eigenvalue weighted by Gasteiger charge is -2.03. The van der Waals surface area contributed by atoms with E-state index in [9.17, 15) is 4.39 Å². The minimum atomic E-state index is -0.453. The van der Waals surface area contributed by atoms with Crippen LogP contribution in [-0.4, -0.2) is 11.6 Å². The van der Waals surface area contributed by atoms with E-state index < -0.39 is 5.60 Å². The summed E-state index contributed by atoms with van der Waals surface area (Å²) in [6.45, 7) is 2.40. The molecule has 2 rings (SSSR count). The first kappa shape index (κ1) is 6.73. The molecule has 0 bridgehead atoms. The third-order valence-corrected chi connectivity index (χ3v) is 1.84. The van der Waals surface area contributed by atoms with Crippen LogP contribution in [-0.2, 0) is 10.3 Å². The second kappa shape index (κ2) is 2.01. The van der Waals surface area contributed by atoms with Crippen LogP contribution < -0.4 is 0 Å². The number of pyridine rings is 1. The fourth-order valence-electron chi connectivity index (χ4n) is 1.02. The van der Waals surface area contributed by atoms with Gasteiger partial charge in [0.25, 0.3) is 0 Å². The summed E-state index contributed by atoms with van der Waals surface area (Å²) < 4.78 is 18.0. The van der Waals surface area contributed by atoms with Gasteiger partial charge in [0.05, 0.1) is 6.61 Å². The predicted molar refractivity (Wildman–Crippen MR) is 37.5 cm³/mol.